The van der Waals surface area contributed by atoms with Crippen molar-refractivity contribution in [1.29, 1.82) is 0 Å². The molecule has 0 fully saturated rings. The lowest BCUT2D eigenvalue weighted by Gasteiger charge is -2.21. The lowest BCUT2D eigenvalue weighted by Crippen LogP contribution is -2.35. The maximum atomic E-state index is 12.1. The zero-order chi connectivity index (χ0) is 16.0. The molecule has 0 saturated heterocycles. The van der Waals surface area contributed by atoms with Crippen molar-refractivity contribution < 1.29 is 14.7 Å². The van der Waals surface area contributed by atoms with Crippen LogP contribution in [0, 0.1) is 0 Å². The third-order valence-electron chi connectivity index (χ3n) is 2.50. The van der Waals surface area contributed by atoms with Crippen LogP contribution >= 0.6 is 23.2 Å². The van der Waals surface area contributed by atoms with Gasteiger partial charge in [0, 0.05) is 18.1 Å². The number of carbonyl (C=O) groups excluding carboxylic acids is 1. The molecule has 2 amide bonds. The summed E-state index contributed by atoms with van der Waals surface area (Å²) in [4.78, 5) is 24.7. The molecule has 1 aromatic rings. The number of urea groups is 1. The Kier molecular flexibility index (Phi) is 6.27. The largest absolute Gasteiger partial charge is 0.478 e. The average molecular weight is 329 g/mol. The van der Waals surface area contributed by atoms with Crippen molar-refractivity contribution in [3.63, 3.8) is 0 Å². The van der Waals surface area contributed by atoms with Gasteiger partial charge < -0.3 is 15.3 Å². The van der Waals surface area contributed by atoms with Crippen LogP contribution in [0.5, 0.6) is 0 Å². The molecule has 0 aliphatic carbocycles. The van der Waals surface area contributed by atoms with E-state index < -0.39 is 12.0 Å². The molecule has 2 N–H and O–H groups in total. The first-order chi connectivity index (χ1) is 9.90. The molecule has 0 aliphatic heterocycles. The third kappa shape index (κ3) is 4.51. The summed E-state index contributed by atoms with van der Waals surface area (Å²) in [6.45, 7) is 7.67. The number of amides is 2. The first kappa shape index (κ1) is 17.1. The van der Waals surface area contributed by atoms with Crippen LogP contribution in [0.1, 0.15) is 10.4 Å². The number of hydrogen-bond donors (Lipinski definition) is 2. The molecule has 21 heavy (non-hydrogen) atoms. The van der Waals surface area contributed by atoms with E-state index in [0.717, 1.165) is 0 Å². The first-order valence-electron chi connectivity index (χ1n) is 5.90. The summed E-state index contributed by atoms with van der Waals surface area (Å²) >= 11 is 11.7. The highest BCUT2D eigenvalue weighted by Gasteiger charge is 2.19. The summed E-state index contributed by atoms with van der Waals surface area (Å²) < 4.78 is 0. The van der Waals surface area contributed by atoms with Gasteiger partial charge in [0.05, 0.1) is 16.3 Å². The molecule has 0 spiro atoms. The van der Waals surface area contributed by atoms with Crippen molar-refractivity contribution in [1.82, 2.24) is 4.90 Å². The van der Waals surface area contributed by atoms with Gasteiger partial charge in [-0.25, -0.2) is 9.59 Å². The molecular formula is C14H14Cl2N2O3. The van der Waals surface area contributed by atoms with E-state index in [2.05, 4.69) is 18.5 Å². The van der Waals surface area contributed by atoms with E-state index in [0.29, 0.717) is 0 Å². The van der Waals surface area contributed by atoms with E-state index in [1.807, 2.05) is 0 Å². The molecule has 7 heteroatoms. The van der Waals surface area contributed by atoms with Crippen molar-refractivity contribution in [2.75, 3.05) is 18.4 Å². The van der Waals surface area contributed by atoms with Gasteiger partial charge in [0.2, 0.25) is 0 Å². The van der Waals surface area contributed by atoms with Crippen LogP contribution in [0.15, 0.2) is 37.4 Å². The van der Waals surface area contributed by atoms with Crippen LogP contribution in [-0.2, 0) is 0 Å². The summed E-state index contributed by atoms with van der Waals surface area (Å²) in [5.41, 5.74) is -0.185. The fraction of sp³-hybridized carbons (Fsp3) is 0.143. The zero-order valence-corrected chi connectivity index (χ0v) is 12.6. The molecule has 1 rings (SSSR count). The second kappa shape index (κ2) is 7.71. The number of hydrogen-bond acceptors (Lipinski definition) is 2. The predicted octanol–water partition coefficient (Wildman–Crippen LogP) is 3.90. The van der Waals surface area contributed by atoms with E-state index in [1.54, 1.807) is 12.2 Å². The lowest BCUT2D eigenvalue weighted by atomic mass is 10.2. The van der Waals surface area contributed by atoms with Gasteiger partial charge in [-0.15, -0.1) is 13.2 Å². The number of carboxylic acid groups (broad SMARTS) is 1. The topological polar surface area (TPSA) is 69.6 Å². The summed E-state index contributed by atoms with van der Waals surface area (Å²) in [6.07, 6.45) is 3.09. The van der Waals surface area contributed by atoms with E-state index in [9.17, 15) is 9.59 Å². The number of rotatable bonds is 6. The van der Waals surface area contributed by atoms with Crippen molar-refractivity contribution in [2.45, 2.75) is 0 Å². The van der Waals surface area contributed by atoms with Gasteiger partial charge >= 0.3 is 12.0 Å². The minimum absolute atomic E-state index is 0.00306. The van der Waals surface area contributed by atoms with E-state index in [1.165, 1.54) is 17.0 Å². The first-order valence-corrected chi connectivity index (χ1v) is 6.66. The van der Waals surface area contributed by atoms with Gasteiger partial charge in [-0.05, 0) is 12.1 Å². The molecule has 0 atom stereocenters. The Bertz CT molecular complexity index is 578. The van der Waals surface area contributed by atoms with Gasteiger partial charge in [-0.3, -0.25) is 0 Å². The molecule has 0 aromatic heterocycles. The lowest BCUT2D eigenvalue weighted by molar-refractivity contribution is 0.0698. The maximum absolute atomic E-state index is 12.1. The standard InChI is InChI=1S/C14H14Cl2N2O3/c1-3-5-18(6-4-2)14(21)17-12-10(13(19)20)7-9(15)8-11(12)16/h3-4,7-8H,1-2,5-6H2,(H,17,21)(H,19,20). The molecule has 0 bridgehead atoms. The molecule has 0 saturated carbocycles. The number of nitrogens with zero attached hydrogens (tertiary/aromatic N) is 1. The second-order valence-corrected chi connectivity index (χ2v) is 4.87. The number of anilines is 1. The number of carboxylic acids is 1. The minimum atomic E-state index is -1.24. The molecule has 0 heterocycles. The average Bonchev–Trinajstić information content (AvgIpc) is 2.40. The van der Waals surface area contributed by atoms with Gasteiger partial charge in [0.1, 0.15) is 0 Å². The van der Waals surface area contributed by atoms with E-state index >= 15 is 0 Å². The van der Waals surface area contributed by atoms with Gasteiger partial charge in [-0.1, -0.05) is 35.4 Å². The molecule has 112 valence electrons. The number of nitrogens with one attached hydrogen (secondary N) is 1. The fourth-order valence-corrected chi connectivity index (χ4v) is 2.15. The molecule has 5 nitrogen and oxygen atoms in total. The van der Waals surface area contributed by atoms with Gasteiger partial charge in [0.25, 0.3) is 0 Å². The maximum Gasteiger partial charge on any atom is 0.337 e. The van der Waals surface area contributed by atoms with Crippen LogP contribution in [0.25, 0.3) is 0 Å². The van der Waals surface area contributed by atoms with Crippen molar-refractivity contribution in [3.05, 3.63) is 53.1 Å². The Morgan fingerprint density at radius 1 is 1.24 bits per heavy atom. The Labute approximate surface area is 132 Å². The van der Waals surface area contributed by atoms with Crippen molar-refractivity contribution >= 4 is 40.9 Å². The Hall–Kier alpha value is -1.98. The van der Waals surface area contributed by atoms with Crippen LogP contribution in [0.4, 0.5) is 10.5 Å². The van der Waals surface area contributed by atoms with Gasteiger partial charge in [-0.2, -0.15) is 0 Å². The smallest absolute Gasteiger partial charge is 0.337 e. The third-order valence-corrected chi connectivity index (χ3v) is 3.02. The monoisotopic (exact) mass is 328 g/mol. The molecule has 1 aromatic carbocycles. The molecular weight excluding hydrogens is 315 g/mol. The number of carbonyl (C=O) groups is 2. The molecule has 0 unspecified atom stereocenters. The highest BCUT2D eigenvalue weighted by Crippen LogP contribution is 2.30. The highest BCUT2D eigenvalue weighted by molar-refractivity contribution is 6.37. The zero-order valence-electron chi connectivity index (χ0n) is 11.1. The van der Waals surface area contributed by atoms with E-state index in [-0.39, 0.29) is 34.4 Å². The second-order valence-electron chi connectivity index (χ2n) is 4.03. The van der Waals surface area contributed by atoms with Crippen LogP contribution in [-0.4, -0.2) is 35.1 Å². The van der Waals surface area contributed by atoms with Crippen molar-refractivity contribution in [3.8, 4) is 0 Å². The SMILES string of the molecule is C=CCN(CC=C)C(=O)Nc1c(Cl)cc(Cl)cc1C(=O)O. The number of halogens is 2. The fourth-order valence-electron chi connectivity index (χ4n) is 1.61. The highest BCUT2D eigenvalue weighted by atomic mass is 35.5. The number of aromatic carboxylic acids is 1. The number of benzene rings is 1. The van der Waals surface area contributed by atoms with E-state index in [4.69, 9.17) is 28.3 Å². The Balaban J connectivity index is 3.11. The van der Waals surface area contributed by atoms with Crippen molar-refractivity contribution in [2.24, 2.45) is 0 Å². The summed E-state index contributed by atoms with van der Waals surface area (Å²) in [7, 11) is 0. The van der Waals surface area contributed by atoms with Crippen LogP contribution < -0.4 is 5.32 Å². The molecule has 0 radical (unpaired) electrons. The summed E-state index contributed by atoms with van der Waals surface area (Å²) in [6, 6.07) is 2.06. The van der Waals surface area contributed by atoms with Crippen LogP contribution in [0.3, 0.4) is 0 Å². The molecule has 0 aliphatic rings. The quantitative estimate of drug-likeness (QED) is 0.778. The Morgan fingerprint density at radius 3 is 2.29 bits per heavy atom. The summed E-state index contributed by atoms with van der Waals surface area (Å²) in [5, 5.41) is 11.9. The Morgan fingerprint density at radius 2 is 1.81 bits per heavy atom. The van der Waals surface area contributed by atoms with Gasteiger partial charge in [0.15, 0.2) is 0 Å². The summed E-state index contributed by atoms with van der Waals surface area (Å²) in [5.74, 6) is -1.24. The minimum Gasteiger partial charge on any atom is -0.478 e. The predicted molar refractivity (Wildman–Crippen MR) is 84.4 cm³/mol. The van der Waals surface area contributed by atoms with Crippen LogP contribution in [0.2, 0.25) is 10.0 Å². The normalized spacial score (nSPS) is 9.81.